The Hall–Kier alpha value is -0.890. The number of nitrogens with zero attached hydrogens (tertiary/aromatic N) is 2. The predicted molar refractivity (Wildman–Crippen MR) is 51.1 cm³/mol. The number of allylic oxidation sites excluding steroid dienone is 1. The quantitative estimate of drug-likeness (QED) is 0.658. The van der Waals surface area contributed by atoms with Crippen molar-refractivity contribution < 1.29 is 0 Å². The molecule has 0 amide bonds. The van der Waals surface area contributed by atoms with Gasteiger partial charge in [0.05, 0.1) is 5.69 Å². The van der Waals surface area contributed by atoms with Gasteiger partial charge in [0.1, 0.15) is 0 Å². The van der Waals surface area contributed by atoms with Gasteiger partial charge in [0, 0.05) is 5.69 Å². The van der Waals surface area contributed by atoms with Gasteiger partial charge < -0.3 is 0 Å². The highest BCUT2D eigenvalue weighted by molar-refractivity contribution is 6.28. The zero-order valence-corrected chi connectivity index (χ0v) is 8.02. The van der Waals surface area contributed by atoms with E-state index in [1.54, 1.807) is 0 Å². The second-order valence-corrected chi connectivity index (χ2v) is 2.96. The molecule has 0 spiro atoms. The van der Waals surface area contributed by atoms with Crippen molar-refractivity contribution in [2.45, 2.75) is 20.3 Å². The van der Waals surface area contributed by atoms with Gasteiger partial charge in [0.25, 0.3) is 0 Å². The Labute approximate surface area is 77.3 Å². The molecular formula is C9H11ClN2. The average molecular weight is 183 g/mol. The van der Waals surface area contributed by atoms with E-state index >= 15 is 0 Å². The van der Waals surface area contributed by atoms with Crippen LogP contribution in [0.5, 0.6) is 0 Å². The summed E-state index contributed by atoms with van der Waals surface area (Å²) in [6.45, 7) is 7.80. The first-order valence-corrected chi connectivity index (χ1v) is 4.20. The van der Waals surface area contributed by atoms with Crippen molar-refractivity contribution in [3.63, 3.8) is 0 Å². The molecule has 2 nitrogen and oxygen atoms in total. The van der Waals surface area contributed by atoms with Crippen LogP contribution in [0.1, 0.15) is 24.7 Å². The summed E-state index contributed by atoms with van der Waals surface area (Å²) in [7, 11) is 0. The number of aromatic nitrogens is 2. The Kier molecular flexibility index (Phi) is 2.82. The molecule has 0 atom stereocenters. The Morgan fingerprint density at radius 2 is 2.25 bits per heavy atom. The highest BCUT2D eigenvalue weighted by Gasteiger charge is 2.01. The van der Waals surface area contributed by atoms with Crippen molar-refractivity contribution in [1.29, 1.82) is 0 Å². The zero-order valence-electron chi connectivity index (χ0n) is 7.26. The minimum Gasteiger partial charge on any atom is -0.223 e. The Balaban J connectivity index is 3.08. The van der Waals surface area contributed by atoms with Crippen molar-refractivity contribution in [1.82, 2.24) is 9.97 Å². The Bertz CT molecular complexity index is 287. The molecule has 0 saturated heterocycles. The standard InChI is InChI=1S/C9H11ClN2/c1-4-6(2)8-5-7(3)11-9(10)12-8/h5H,2,4H2,1,3H3. The first kappa shape index (κ1) is 9.20. The molecule has 0 fully saturated rings. The molecule has 1 aromatic heterocycles. The molecule has 0 aliphatic heterocycles. The van der Waals surface area contributed by atoms with Gasteiger partial charge in [-0.15, -0.1) is 0 Å². The minimum atomic E-state index is 0.291. The minimum absolute atomic E-state index is 0.291. The molecule has 0 radical (unpaired) electrons. The molecule has 0 bridgehead atoms. The van der Waals surface area contributed by atoms with Crippen LogP contribution >= 0.6 is 11.6 Å². The maximum Gasteiger partial charge on any atom is 0.223 e. The topological polar surface area (TPSA) is 25.8 Å². The molecule has 0 N–H and O–H groups in total. The summed E-state index contributed by atoms with van der Waals surface area (Å²) in [4.78, 5) is 8.02. The number of hydrogen-bond acceptors (Lipinski definition) is 2. The van der Waals surface area contributed by atoms with Gasteiger partial charge in [0.2, 0.25) is 5.28 Å². The van der Waals surface area contributed by atoms with Crippen LogP contribution in [0.25, 0.3) is 5.57 Å². The van der Waals surface area contributed by atoms with Gasteiger partial charge >= 0.3 is 0 Å². The van der Waals surface area contributed by atoms with E-state index in [1.165, 1.54) is 0 Å². The van der Waals surface area contributed by atoms with E-state index in [-0.39, 0.29) is 0 Å². The third-order valence-corrected chi connectivity index (χ3v) is 1.78. The maximum absolute atomic E-state index is 5.69. The lowest BCUT2D eigenvalue weighted by atomic mass is 10.1. The Morgan fingerprint density at radius 1 is 1.58 bits per heavy atom. The summed E-state index contributed by atoms with van der Waals surface area (Å²) in [5.74, 6) is 0. The lowest BCUT2D eigenvalue weighted by Crippen LogP contribution is -1.92. The van der Waals surface area contributed by atoms with E-state index in [4.69, 9.17) is 11.6 Å². The van der Waals surface area contributed by atoms with Crippen LogP contribution in [0.3, 0.4) is 0 Å². The van der Waals surface area contributed by atoms with Crippen LogP contribution in [0.15, 0.2) is 12.6 Å². The maximum atomic E-state index is 5.69. The van der Waals surface area contributed by atoms with Crippen LogP contribution in [0, 0.1) is 6.92 Å². The monoisotopic (exact) mass is 182 g/mol. The van der Waals surface area contributed by atoms with Crippen molar-refractivity contribution in [2.24, 2.45) is 0 Å². The predicted octanol–water partition coefficient (Wildman–Crippen LogP) is 2.86. The molecule has 0 unspecified atom stereocenters. The molecule has 64 valence electrons. The van der Waals surface area contributed by atoms with E-state index < -0.39 is 0 Å². The van der Waals surface area contributed by atoms with E-state index in [1.807, 2.05) is 19.9 Å². The van der Waals surface area contributed by atoms with Gasteiger partial charge in [-0.1, -0.05) is 13.5 Å². The molecule has 0 aliphatic carbocycles. The summed E-state index contributed by atoms with van der Waals surface area (Å²) in [6, 6.07) is 1.89. The van der Waals surface area contributed by atoms with E-state index in [9.17, 15) is 0 Å². The first-order valence-electron chi connectivity index (χ1n) is 3.82. The molecule has 0 saturated carbocycles. The largest absolute Gasteiger partial charge is 0.223 e. The van der Waals surface area contributed by atoms with Crippen molar-refractivity contribution >= 4 is 17.2 Å². The van der Waals surface area contributed by atoms with Crippen LogP contribution in [-0.2, 0) is 0 Å². The fraction of sp³-hybridized carbons (Fsp3) is 0.333. The van der Waals surface area contributed by atoms with E-state index in [2.05, 4.69) is 16.5 Å². The number of aryl methyl sites for hydroxylation is 1. The van der Waals surface area contributed by atoms with Crippen LogP contribution < -0.4 is 0 Å². The molecule has 1 rings (SSSR count). The second kappa shape index (κ2) is 3.68. The summed E-state index contributed by atoms with van der Waals surface area (Å²) in [5, 5.41) is 0.291. The molecule has 3 heteroatoms. The fourth-order valence-electron chi connectivity index (χ4n) is 0.895. The van der Waals surface area contributed by atoms with Gasteiger partial charge in [-0.3, -0.25) is 0 Å². The van der Waals surface area contributed by atoms with Crippen molar-refractivity contribution in [3.05, 3.63) is 29.3 Å². The highest BCUT2D eigenvalue weighted by atomic mass is 35.5. The van der Waals surface area contributed by atoms with Crippen LogP contribution in [0.2, 0.25) is 5.28 Å². The summed E-state index contributed by atoms with van der Waals surface area (Å²) >= 11 is 5.69. The molecule has 1 aromatic rings. The Morgan fingerprint density at radius 3 is 2.75 bits per heavy atom. The van der Waals surface area contributed by atoms with Gasteiger partial charge in [-0.25, -0.2) is 9.97 Å². The number of hydrogen-bond donors (Lipinski definition) is 0. The second-order valence-electron chi connectivity index (χ2n) is 2.62. The molecule has 12 heavy (non-hydrogen) atoms. The average Bonchev–Trinajstić information content (AvgIpc) is 2.01. The summed E-state index contributed by atoms with van der Waals surface area (Å²) in [5.41, 5.74) is 2.71. The lowest BCUT2D eigenvalue weighted by molar-refractivity contribution is 1.07. The van der Waals surface area contributed by atoms with Crippen molar-refractivity contribution in [3.8, 4) is 0 Å². The third kappa shape index (κ3) is 2.05. The zero-order chi connectivity index (χ0) is 9.14. The van der Waals surface area contributed by atoms with E-state index in [0.29, 0.717) is 5.28 Å². The fourth-order valence-corrected chi connectivity index (χ4v) is 1.12. The van der Waals surface area contributed by atoms with Crippen LogP contribution in [-0.4, -0.2) is 9.97 Å². The first-order chi connectivity index (χ1) is 5.63. The van der Waals surface area contributed by atoms with E-state index in [0.717, 1.165) is 23.4 Å². The van der Waals surface area contributed by atoms with Crippen LogP contribution in [0.4, 0.5) is 0 Å². The normalized spacial score (nSPS) is 9.92. The molecule has 0 aliphatic rings. The smallest absolute Gasteiger partial charge is 0.223 e. The van der Waals surface area contributed by atoms with Gasteiger partial charge in [-0.05, 0) is 36.6 Å². The summed E-state index contributed by atoms with van der Waals surface area (Å²) < 4.78 is 0. The number of rotatable bonds is 2. The van der Waals surface area contributed by atoms with Gasteiger partial charge in [0.15, 0.2) is 0 Å². The third-order valence-electron chi connectivity index (χ3n) is 1.62. The number of halogens is 1. The molecular weight excluding hydrogens is 172 g/mol. The SMILES string of the molecule is C=C(CC)c1cc(C)nc(Cl)n1. The lowest BCUT2D eigenvalue weighted by Gasteiger charge is -2.02. The summed E-state index contributed by atoms with van der Waals surface area (Å²) in [6.07, 6.45) is 0.882. The van der Waals surface area contributed by atoms with Gasteiger partial charge in [-0.2, -0.15) is 0 Å². The molecule has 1 heterocycles. The van der Waals surface area contributed by atoms with Crippen molar-refractivity contribution in [2.75, 3.05) is 0 Å². The highest BCUT2D eigenvalue weighted by Crippen LogP contribution is 2.15. The molecule has 0 aromatic carbocycles.